The monoisotopic (exact) mass is 329 g/mol. The molecule has 1 aromatic rings. The van der Waals surface area contributed by atoms with E-state index in [0.29, 0.717) is 32.1 Å². The van der Waals surface area contributed by atoms with Crippen molar-refractivity contribution in [3.8, 4) is 0 Å². The van der Waals surface area contributed by atoms with Crippen molar-refractivity contribution in [1.29, 1.82) is 0 Å². The summed E-state index contributed by atoms with van der Waals surface area (Å²) < 4.78 is 42.2. The minimum atomic E-state index is -4.32. The standard InChI is InChI=1S/C16H18F3NO3/c17-16(18,19)12-6-4-11(5-7-12)3-1-2-10-23-15(22)20-13-8-9-14(13)21/h4-7,13H,1-3,8-10H2,(H,20,22)/t13-/m0/s1. The van der Waals surface area contributed by atoms with Crippen LogP contribution in [0.5, 0.6) is 0 Å². The number of Topliss-reactive ketones (excluding diaryl/α,β-unsaturated/α-hetero) is 1. The first-order chi connectivity index (χ1) is 10.9. The molecule has 0 heterocycles. The molecule has 1 saturated carbocycles. The summed E-state index contributed by atoms with van der Waals surface area (Å²) in [5, 5.41) is 2.48. The Labute approximate surface area is 132 Å². The van der Waals surface area contributed by atoms with Gasteiger partial charge in [-0.15, -0.1) is 0 Å². The summed E-state index contributed by atoms with van der Waals surface area (Å²) in [4.78, 5) is 22.4. The minimum Gasteiger partial charge on any atom is -0.450 e. The zero-order chi connectivity index (χ0) is 16.9. The van der Waals surface area contributed by atoms with E-state index in [4.69, 9.17) is 4.74 Å². The van der Waals surface area contributed by atoms with Gasteiger partial charge in [-0.3, -0.25) is 4.79 Å². The van der Waals surface area contributed by atoms with Crippen molar-refractivity contribution in [3.05, 3.63) is 35.4 Å². The second kappa shape index (κ2) is 7.48. The first-order valence-corrected chi connectivity index (χ1v) is 7.48. The minimum absolute atomic E-state index is 0.0178. The van der Waals surface area contributed by atoms with Gasteiger partial charge >= 0.3 is 12.3 Å². The molecule has 0 spiro atoms. The van der Waals surface area contributed by atoms with Gasteiger partial charge in [0.1, 0.15) is 0 Å². The molecule has 2 rings (SSSR count). The van der Waals surface area contributed by atoms with Gasteiger partial charge in [0, 0.05) is 6.42 Å². The Kier molecular flexibility index (Phi) is 5.63. The van der Waals surface area contributed by atoms with Crippen LogP contribution in [-0.4, -0.2) is 24.5 Å². The Morgan fingerprint density at radius 3 is 2.43 bits per heavy atom. The molecule has 1 atom stereocenters. The van der Waals surface area contributed by atoms with E-state index in [1.54, 1.807) is 0 Å². The third-order valence-corrected chi connectivity index (χ3v) is 3.73. The topological polar surface area (TPSA) is 55.4 Å². The van der Waals surface area contributed by atoms with Gasteiger partial charge in [-0.2, -0.15) is 13.2 Å². The quantitative estimate of drug-likeness (QED) is 0.813. The summed E-state index contributed by atoms with van der Waals surface area (Å²) in [6, 6.07) is 4.63. The average molecular weight is 329 g/mol. The predicted molar refractivity (Wildman–Crippen MR) is 76.9 cm³/mol. The first kappa shape index (κ1) is 17.3. The van der Waals surface area contributed by atoms with Crippen molar-refractivity contribution < 1.29 is 27.5 Å². The molecule has 0 aliphatic heterocycles. The lowest BCUT2D eigenvalue weighted by Gasteiger charge is -2.24. The van der Waals surface area contributed by atoms with E-state index in [9.17, 15) is 22.8 Å². The zero-order valence-corrected chi connectivity index (χ0v) is 12.5. The fourth-order valence-corrected chi connectivity index (χ4v) is 2.20. The predicted octanol–water partition coefficient (Wildman–Crippen LogP) is 3.49. The number of hydrogen-bond donors (Lipinski definition) is 1. The molecule has 0 aromatic heterocycles. The van der Waals surface area contributed by atoms with E-state index in [1.165, 1.54) is 12.1 Å². The van der Waals surface area contributed by atoms with Crippen LogP contribution in [0.3, 0.4) is 0 Å². The molecular weight excluding hydrogens is 311 g/mol. The molecule has 126 valence electrons. The molecule has 0 radical (unpaired) electrons. The number of halogens is 3. The largest absolute Gasteiger partial charge is 0.450 e. The maximum absolute atomic E-state index is 12.4. The molecule has 4 nitrogen and oxygen atoms in total. The van der Waals surface area contributed by atoms with Gasteiger partial charge in [-0.25, -0.2) is 4.79 Å². The van der Waals surface area contributed by atoms with Crippen LogP contribution in [0.1, 0.15) is 36.8 Å². The third-order valence-electron chi connectivity index (χ3n) is 3.73. The van der Waals surface area contributed by atoms with Crippen molar-refractivity contribution in [2.75, 3.05) is 6.61 Å². The first-order valence-electron chi connectivity index (χ1n) is 7.48. The number of hydrogen-bond acceptors (Lipinski definition) is 3. The molecule has 0 saturated heterocycles. The summed E-state index contributed by atoms with van der Waals surface area (Å²) in [5.41, 5.74) is 0.148. The Morgan fingerprint density at radius 2 is 1.91 bits per heavy atom. The number of unbranched alkanes of at least 4 members (excludes halogenated alkanes) is 1. The van der Waals surface area contributed by atoms with Gasteiger partial charge in [0.15, 0.2) is 5.78 Å². The van der Waals surface area contributed by atoms with Gasteiger partial charge < -0.3 is 10.1 Å². The van der Waals surface area contributed by atoms with Crippen LogP contribution in [-0.2, 0) is 22.1 Å². The highest BCUT2D eigenvalue weighted by molar-refractivity contribution is 5.92. The smallest absolute Gasteiger partial charge is 0.416 e. The number of rotatable bonds is 6. The average Bonchev–Trinajstić information content (AvgIpc) is 2.50. The number of carbonyl (C=O) groups is 2. The molecular formula is C16H18F3NO3. The number of ether oxygens (including phenoxy) is 1. The number of aryl methyl sites for hydroxylation is 1. The van der Waals surface area contributed by atoms with Gasteiger partial charge in [-0.05, 0) is 43.4 Å². The molecule has 0 bridgehead atoms. The fraction of sp³-hybridized carbons (Fsp3) is 0.500. The van der Waals surface area contributed by atoms with Gasteiger partial charge in [0.25, 0.3) is 0 Å². The Morgan fingerprint density at radius 1 is 1.22 bits per heavy atom. The van der Waals surface area contributed by atoms with Crippen LogP contribution in [0.25, 0.3) is 0 Å². The molecule has 1 amide bonds. The van der Waals surface area contributed by atoms with Crippen LogP contribution >= 0.6 is 0 Å². The fourth-order valence-electron chi connectivity index (χ4n) is 2.20. The van der Waals surface area contributed by atoms with Crippen LogP contribution in [0, 0.1) is 0 Å². The van der Waals surface area contributed by atoms with E-state index < -0.39 is 23.9 Å². The van der Waals surface area contributed by atoms with Crippen LogP contribution in [0.2, 0.25) is 0 Å². The van der Waals surface area contributed by atoms with E-state index in [-0.39, 0.29) is 12.4 Å². The van der Waals surface area contributed by atoms with Gasteiger partial charge in [0.05, 0.1) is 18.2 Å². The molecule has 1 N–H and O–H groups in total. The van der Waals surface area contributed by atoms with Crippen molar-refractivity contribution in [3.63, 3.8) is 0 Å². The summed E-state index contributed by atoms with van der Waals surface area (Å²) in [6.45, 7) is 0.216. The van der Waals surface area contributed by atoms with Crippen molar-refractivity contribution in [2.24, 2.45) is 0 Å². The molecule has 7 heteroatoms. The lowest BCUT2D eigenvalue weighted by atomic mass is 9.91. The lowest BCUT2D eigenvalue weighted by Crippen LogP contribution is -2.47. The Balaban J connectivity index is 1.60. The molecule has 1 fully saturated rings. The van der Waals surface area contributed by atoms with Gasteiger partial charge in [-0.1, -0.05) is 12.1 Å². The van der Waals surface area contributed by atoms with Crippen molar-refractivity contribution >= 4 is 11.9 Å². The number of carbonyl (C=O) groups excluding carboxylic acids is 2. The normalized spacial score (nSPS) is 17.5. The highest BCUT2D eigenvalue weighted by atomic mass is 19.4. The number of ketones is 1. The molecule has 1 aliphatic rings. The number of benzene rings is 1. The Bertz CT molecular complexity index is 555. The lowest BCUT2D eigenvalue weighted by molar-refractivity contribution is -0.137. The highest BCUT2D eigenvalue weighted by Gasteiger charge is 2.30. The number of alkyl halides is 3. The van der Waals surface area contributed by atoms with Crippen molar-refractivity contribution in [2.45, 2.75) is 44.3 Å². The Hall–Kier alpha value is -2.05. The molecule has 23 heavy (non-hydrogen) atoms. The van der Waals surface area contributed by atoms with E-state index in [0.717, 1.165) is 17.7 Å². The molecule has 1 aromatic carbocycles. The van der Waals surface area contributed by atoms with E-state index in [1.807, 2.05) is 0 Å². The number of alkyl carbamates (subject to hydrolysis) is 1. The number of amides is 1. The van der Waals surface area contributed by atoms with E-state index in [2.05, 4.69) is 5.32 Å². The summed E-state index contributed by atoms with van der Waals surface area (Å²) >= 11 is 0. The molecule has 0 unspecified atom stereocenters. The zero-order valence-electron chi connectivity index (χ0n) is 12.5. The second-order valence-electron chi connectivity index (χ2n) is 5.49. The van der Waals surface area contributed by atoms with Crippen LogP contribution < -0.4 is 5.32 Å². The SMILES string of the molecule is O=C(N[C@H]1CCC1=O)OCCCCc1ccc(C(F)(F)F)cc1. The van der Waals surface area contributed by atoms with E-state index >= 15 is 0 Å². The summed E-state index contributed by atoms with van der Waals surface area (Å²) in [6.07, 6.45) is -1.85. The van der Waals surface area contributed by atoms with Crippen LogP contribution in [0.4, 0.5) is 18.0 Å². The summed E-state index contributed by atoms with van der Waals surface area (Å²) in [7, 11) is 0. The summed E-state index contributed by atoms with van der Waals surface area (Å²) in [5.74, 6) is 0.0178. The third kappa shape index (κ3) is 5.26. The molecule has 1 aliphatic carbocycles. The highest BCUT2D eigenvalue weighted by Crippen LogP contribution is 2.29. The van der Waals surface area contributed by atoms with Gasteiger partial charge in [0.2, 0.25) is 0 Å². The maximum atomic E-state index is 12.4. The van der Waals surface area contributed by atoms with Crippen molar-refractivity contribution in [1.82, 2.24) is 5.32 Å². The van der Waals surface area contributed by atoms with Crippen LogP contribution in [0.15, 0.2) is 24.3 Å². The number of nitrogens with one attached hydrogen (secondary N) is 1. The second-order valence-corrected chi connectivity index (χ2v) is 5.49. The maximum Gasteiger partial charge on any atom is 0.416 e.